The lowest BCUT2D eigenvalue weighted by Gasteiger charge is -2.15. The highest BCUT2D eigenvalue weighted by atomic mass is 32.1. The normalized spacial score (nSPS) is 13.1. The molecule has 0 aliphatic rings. The minimum Gasteiger partial charge on any atom is -0.254 e. The van der Waals surface area contributed by atoms with Crippen molar-refractivity contribution in [3.8, 4) is 65.5 Å². The van der Waals surface area contributed by atoms with Crippen molar-refractivity contribution in [3.63, 3.8) is 0 Å². The van der Waals surface area contributed by atoms with Crippen molar-refractivity contribution in [3.05, 3.63) is 218 Å². The maximum atomic E-state index is 9.67. The third kappa shape index (κ3) is 5.71. The molecule has 0 fully saturated rings. The zero-order valence-corrected chi connectivity index (χ0v) is 34.4. The number of nitrogens with zero attached hydrogens (tertiary/aromatic N) is 2. The van der Waals surface area contributed by atoms with E-state index in [0.29, 0.717) is 22.3 Å². The number of fused-ring (bicyclic) bond motifs is 4. The number of pyridine rings is 2. The molecule has 0 radical (unpaired) electrons. The van der Waals surface area contributed by atoms with Crippen LogP contribution in [-0.4, -0.2) is 9.97 Å². The van der Waals surface area contributed by atoms with Gasteiger partial charge in [0.25, 0.3) is 0 Å². The first kappa shape index (κ1) is 30.1. The lowest BCUT2D eigenvalue weighted by molar-refractivity contribution is 1.37. The van der Waals surface area contributed by atoms with Gasteiger partial charge in [0.15, 0.2) is 0 Å². The monoisotopic (exact) mass is 822 g/mol. The first-order valence-corrected chi connectivity index (χ1v) is 21.8. The summed E-state index contributed by atoms with van der Waals surface area (Å²) < 4.78 is 55.6. The van der Waals surface area contributed by atoms with E-state index in [1.54, 1.807) is 23.6 Å². The second kappa shape index (κ2) is 14.3. The van der Waals surface area contributed by atoms with E-state index >= 15 is 0 Å². The Hall–Kier alpha value is -7.98. The van der Waals surface area contributed by atoms with Crippen molar-refractivity contribution in [2.24, 2.45) is 0 Å². The van der Waals surface area contributed by atoms with Gasteiger partial charge < -0.3 is 0 Å². The highest BCUT2D eigenvalue weighted by molar-refractivity contribution is 7.20. The van der Waals surface area contributed by atoms with Gasteiger partial charge >= 0.3 is 0 Å². The fourth-order valence-electron chi connectivity index (χ4n) is 9.52. The lowest BCUT2D eigenvalue weighted by Crippen LogP contribution is -1.91. The summed E-state index contributed by atoms with van der Waals surface area (Å²) in [7, 11) is 0. The van der Waals surface area contributed by atoms with Crippen molar-refractivity contribution >= 4 is 76.2 Å². The van der Waals surface area contributed by atoms with E-state index in [9.17, 15) is 5.48 Å². The van der Waals surface area contributed by atoms with E-state index in [4.69, 9.17) is 7.73 Å². The van der Waals surface area contributed by atoms with E-state index in [1.807, 2.05) is 66.7 Å². The molecule has 0 aliphatic heterocycles. The Bertz CT molecular complexity index is 4230. The van der Waals surface area contributed by atoms with Gasteiger partial charge in [-0.25, -0.2) is 4.98 Å². The predicted molar refractivity (Wildman–Crippen MR) is 269 cm³/mol. The van der Waals surface area contributed by atoms with Crippen molar-refractivity contribution in [1.29, 1.82) is 0 Å². The van der Waals surface area contributed by atoms with Crippen LogP contribution in [0.3, 0.4) is 0 Å². The molecule has 10 aromatic carbocycles. The molecular weight excluding hydrogens is 781 g/mol. The summed E-state index contributed by atoms with van der Waals surface area (Å²) >= 11 is 1.78. The van der Waals surface area contributed by atoms with Gasteiger partial charge in [-0.3, -0.25) is 4.98 Å². The summed E-state index contributed by atoms with van der Waals surface area (Å²) in [5.41, 5.74) is 9.02. The van der Waals surface area contributed by atoms with E-state index in [2.05, 4.69) is 108 Å². The quantitative estimate of drug-likeness (QED) is 0.156. The van der Waals surface area contributed by atoms with Crippen LogP contribution in [0, 0.1) is 0 Å². The summed E-state index contributed by atoms with van der Waals surface area (Å²) in [6.45, 7) is 0. The molecule has 13 aromatic rings. The van der Waals surface area contributed by atoms with Crippen LogP contribution in [0.2, 0.25) is 0 Å². The lowest BCUT2D eigenvalue weighted by atomic mass is 9.87. The Labute approximate surface area is 376 Å². The standard InChI is InChI=1S/C60H36N2S/c1-3-11-38(12-4-1)56-55(59(45-13-5-2-6-14-45)63-60(56)51-32-29-41-25-24-39-15-9-16-40-28-31-50(51)54(41)53(39)40)42-22-20-37(21-23-42)46-33-34-49(48-19-8-7-18-47(46)48)52-35-30-44-27-26-43-17-10-36-61-57(43)58(44)62-52/h1-36H/i7D,8D,18D,19D,33D,34D. The second-order valence-electron chi connectivity index (χ2n) is 15.9. The highest BCUT2D eigenvalue weighted by Gasteiger charge is 2.25. The van der Waals surface area contributed by atoms with Gasteiger partial charge in [0.1, 0.15) is 0 Å². The molecule has 0 spiro atoms. The number of aromatic nitrogens is 2. The van der Waals surface area contributed by atoms with E-state index in [-0.39, 0.29) is 46.1 Å². The fraction of sp³-hybridized carbons (Fsp3) is 0. The molecule has 3 aromatic heterocycles. The average Bonchev–Trinajstić information content (AvgIpc) is 3.80. The molecule has 13 rings (SSSR count). The smallest absolute Gasteiger partial charge is 0.0972 e. The summed E-state index contributed by atoms with van der Waals surface area (Å²) in [6, 6.07) is 58.5. The summed E-state index contributed by atoms with van der Waals surface area (Å²) in [5, 5.41) is 9.38. The van der Waals surface area contributed by atoms with E-state index in [0.717, 1.165) is 53.9 Å². The second-order valence-corrected chi connectivity index (χ2v) is 17.0. The average molecular weight is 823 g/mol. The number of hydrogen-bond donors (Lipinski definition) is 0. The van der Waals surface area contributed by atoms with Crippen LogP contribution in [0.5, 0.6) is 0 Å². The van der Waals surface area contributed by atoms with Crippen LogP contribution in [0.1, 0.15) is 8.22 Å². The molecule has 0 saturated carbocycles. The Morgan fingerprint density at radius 1 is 0.365 bits per heavy atom. The van der Waals surface area contributed by atoms with Crippen molar-refractivity contribution in [1.82, 2.24) is 9.97 Å². The number of benzene rings is 10. The topological polar surface area (TPSA) is 25.8 Å². The van der Waals surface area contributed by atoms with Gasteiger partial charge in [0, 0.05) is 49.0 Å². The van der Waals surface area contributed by atoms with Crippen LogP contribution in [0.15, 0.2) is 218 Å². The fourth-order valence-corrected chi connectivity index (χ4v) is 10.9. The SMILES string of the molecule is [2H]c1c([2H])c([2H])c2c(-c3ccc4ccc5cccnc5c4n3)c([2H])c([2H])c(-c3ccc(-c4c(-c5ccccc5)sc(-c5ccc6ccc7cccc8ccc5c6c78)c4-c4ccccc4)cc3)c2c1[2H]. The van der Waals surface area contributed by atoms with E-state index in [1.165, 1.54) is 32.3 Å². The molecule has 2 nitrogen and oxygen atoms in total. The van der Waals surface area contributed by atoms with Gasteiger partial charge in [-0.2, -0.15) is 0 Å². The maximum Gasteiger partial charge on any atom is 0.0972 e. The van der Waals surface area contributed by atoms with Crippen LogP contribution in [-0.2, 0) is 0 Å². The first-order chi connectivity index (χ1) is 33.7. The molecule has 0 N–H and O–H groups in total. The van der Waals surface area contributed by atoms with Gasteiger partial charge in [-0.05, 0) is 83.0 Å². The third-order valence-electron chi connectivity index (χ3n) is 12.4. The molecule has 0 unspecified atom stereocenters. The van der Waals surface area contributed by atoms with Crippen molar-refractivity contribution in [2.75, 3.05) is 0 Å². The minimum atomic E-state index is -0.417. The largest absolute Gasteiger partial charge is 0.254 e. The van der Waals surface area contributed by atoms with Crippen molar-refractivity contribution < 1.29 is 8.22 Å². The highest BCUT2D eigenvalue weighted by Crippen LogP contribution is 2.54. The van der Waals surface area contributed by atoms with Gasteiger partial charge in [-0.1, -0.05) is 200 Å². The number of hydrogen-bond acceptors (Lipinski definition) is 3. The Morgan fingerprint density at radius 2 is 0.937 bits per heavy atom. The molecule has 0 atom stereocenters. The number of thiophene rings is 1. The van der Waals surface area contributed by atoms with Gasteiger partial charge in [-0.15, -0.1) is 11.3 Å². The zero-order valence-electron chi connectivity index (χ0n) is 39.6. The minimum absolute atomic E-state index is 0.148. The molecule has 3 heterocycles. The van der Waals surface area contributed by atoms with Crippen molar-refractivity contribution in [2.45, 2.75) is 0 Å². The van der Waals surface area contributed by atoms with Crippen LogP contribution in [0.25, 0.3) is 130 Å². The van der Waals surface area contributed by atoms with Gasteiger partial charge in [0.05, 0.1) is 25.0 Å². The molecule has 63 heavy (non-hydrogen) atoms. The molecule has 0 saturated heterocycles. The molecular formula is C60H36N2S. The Balaban J connectivity index is 1.04. The van der Waals surface area contributed by atoms with Crippen LogP contribution < -0.4 is 0 Å². The molecule has 292 valence electrons. The zero-order chi connectivity index (χ0) is 46.7. The maximum absolute atomic E-state index is 9.67. The van der Waals surface area contributed by atoms with E-state index < -0.39 is 12.1 Å². The van der Waals surface area contributed by atoms with Crippen LogP contribution >= 0.6 is 11.3 Å². The predicted octanol–water partition coefficient (Wildman–Crippen LogP) is 16.9. The first-order valence-electron chi connectivity index (χ1n) is 24.0. The third-order valence-corrected chi connectivity index (χ3v) is 13.7. The molecule has 3 heteroatoms. The Morgan fingerprint density at radius 3 is 1.71 bits per heavy atom. The molecule has 0 bridgehead atoms. The summed E-state index contributed by atoms with van der Waals surface area (Å²) in [6.07, 6.45) is 1.70. The number of rotatable bonds is 6. The van der Waals surface area contributed by atoms with Crippen LogP contribution in [0.4, 0.5) is 0 Å². The molecule has 0 amide bonds. The molecule has 0 aliphatic carbocycles. The summed E-state index contributed by atoms with van der Waals surface area (Å²) in [5.74, 6) is 0. The Kier molecular flexibility index (Phi) is 6.84. The summed E-state index contributed by atoms with van der Waals surface area (Å²) in [4.78, 5) is 11.9. The van der Waals surface area contributed by atoms with Gasteiger partial charge in [0.2, 0.25) is 0 Å².